The summed E-state index contributed by atoms with van der Waals surface area (Å²) in [4.78, 5) is 26.7. The summed E-state index contributed by atoms with van der Waals surface area (Å²) in [6.45, 7) is 0. The van der Waals surface area contributed by atoms with E-state index in [-0.39, 0.29) is 12.1 Å². The summed E-state index contributed by atoms with van der Waals surface area (Å²) in [6.07, 6.45) is -0.0613. The molecule has 1 aromatic heterocycles. The van der Waals surface area contributed by atoms with Gasteiger partial charge in [-0.15, -0.1) is 11.3 Å². The standard InChI is InChI=1S/C18H13Cl2N3O4S/c19-12-6-5-10(7-13(12)20)15-9-28-18(22-15)21-14(17(24)25)8-11-3-1-2-4-16(11)23(26)27/h1-7,9,14H,8H2,(H,21,22)(H,24,25)/t14-/m0/s1. The van der Waals surface area contributed by atoms with Crippen LogP contribution in [0.2, 0.25) is 10.0 Å². The first-order chi connectivity index (χ1) is 13.3. The SMILES string of the molecule is O=C(O)[C@H](Cc1ccccc1[N+](=O)[O-])Nc1nc(-c2ccc(Cl)c(Cl)c2)cs1. The van der Waals surface area contributed by atoms with E-state index in [0.717, 1.165) is 5.56 Å². The number of rotatable bonds is 7. The van der Waals surface area contributed by atoms with Gasteiger partial charge in [-0.1, -0.05) is 47.5 Å². The zero-order valence-electron chi connectivity index (χ0n) is 14.1. The summed E-state index contributed by atoms with van der Waals surface area (Å²) in [5.74, 6) is -1.13. The summed E-state index contributed by atoms with van der Waals surface area (Å²) in [6, 6.07) is 10.1. The quantitative estimate of drug-likeness (QED) is 0.391. The molecule has 0 bridgehead atoms. The second-order valence-electron chi connectivity index (χ2n) is 5.79. The number of halogens is 2. The van der Waals surface area contributed by atoms with Crippen molar-refractivity contribution in [1.82, 2.24) is 4.98 Å². The van der Waals surface area contributed by atoms with Gasteiger partial charge >= 0.3 is 5.97 Å². The first-order valence-electron chi connectivity index (χ1n) is 7.97. The Bertz CT molecular complexity index is 1040. The van der Waals surface area contributed by atoms with Crippen LogP contribution >= 0.6 is 34.5 Å². The number of nitrogens with one attached hydrogen (secondary N) is 1. The Kier molecular flexibility index (Phi) is 6.13. The molecule has 0 aliphatic carbocycles. The number of anilines is 1. The number of carboxylic acid groups (broad SMARTS) is 1. The van der Waals surface area contributed by atoms with Crippen molar-refractivity contribution in [3.8, 4) is 11.3 Å². The third-order valence-electron chi connectivity index (χ3n) is 3.93. The van der Waals surface area contributed by atoms with Gasteiger partial charge in [0.2, 0.25) is 0 Å². The zero-order valence-corrected chi connectivity index (χ0v) is 16.5. The molecular weight excluding hydrogens is 425 g/mol. The number of hydrogen-bond donors (Lipinski definition) is 2. The number of carbonyl (C=O) groups is 1. The molecule has 0 fully saturated rings. The molecule has 0 unspecified atom stereocenters. The van der Waals surface area contributed by atoms with Crippen molar-refractivity contribution >= 4 is 51.3 Å². The van der Waals surface area contributed by atoms with Gasteiger partial charge in [0.05, 0.1) is 20.7 Å². The van der Waals surface area contributed by atoms with Gasteiger partial charge in [0.15, 0.2) is 5.13 Å². The minimum atomic E-state index is -1.13. The van der Waals surface area contributed by atoms with Crippen molar-refractivity contribution in [3.05, 3.63) is 73.6 Å². The average Bonchev–Trinajstić information content (AvgIpc) is 3.12. The number of hydrogen-bond acceptors (Lipinski definition) is 6. The Morgan fingerprint density at radius 1 is 1.25 bits per heavy atom. The monoisotopic (exact) mass is 437 g/mol. The number of carboxylic acids is 1. The van der Waals surface area contributed by atoms with Crippen LogP contribution in [0.15, 0.2) is 47.8 Å². The van der Waals surface area contributed by atoms with Gasteiger partial charge in [-0.05, 0) is 12.1 Å². The molecule has 144 valence electrons. The third kappa shape index (κ3) is 4.59. The van der Waals surface area contributed by atoms with Crippen LogP contribution in [0.3, 0.4) is 0 Å². The molecule has 0 amide bonds. The van der Waals surface area contributed by atoms with E-state index in [1.807, 2.05) is 0 Å². The summed E-state index contributed by atoms with van der Waals surface area (Å²) >= 11 is 13.2. The van der Waals surface area contributed by atoms with Gasteiger partial charge in [0.25, 0.3) is 5.69 Å². The maximum atomic E-state index is 11.7. The van der Waals surface area contributed by atoms with Crippen LogP contribution in [-0.2, 0) is 11.2 Å². The van der Waals surface area contributed by atoms with E-state index >= 15 is 0 Å². The fourth-order valence-electron chi connectivity index (χ4n) is 2.56. The van der Waals surface area contributed by atoms with Crippen molar-refractivity contribution in [2.45, 2.75) is 12.5 Å². The molecule has 0 spiro atoms. The number of aromatic nitrogens is 1. The summed E-state index contributed by atoms with van der Waals surface area (Å²) in [5, 5.41) is 26.5. The molecule has 0 aliphatic rings. The first-order valence-corrected chi connectivity index (χ1v) is 9.61. The molecule has 1 atom stereocenters. The number of nitrogens with zero attached hydrogens (tertiary/aromatic N) is 2. The Balaban J connectivity index is 1.81. The van der Waals surface area contributed by atoms with Crippen molar-refractivity contribution in [1.29, 1.82) is 0 Å². The van der Waals surface area contributed by atoms with E-state index in [0.29, 0.717) is 26.4 Å². The fourth-order valence-corrected chi connectivity index (χ4v) is 3.63. The fraction of sp³-hybridized carbons (Fsp3) is 0.111. The largest absolute Gasteiger partial charge is 0.480 e. The van der Waals surface area contributed by atoms with Gasteiger partial charge in [-0.3, -0.25) is 10.1 Å². The van der Waals surface area contributed by atoms with Crippen LogP contribution in [0, 0.1) is 10.1 Å². The van der Waals surface area contributed by atoms with Gasteiger partial charge in [0.1, 0.15) is 6.04 Å². The maximum absolute atomic E-state index is 11.7. The number of para-hydroxylation sites is 1. The number of nitro groups is 1. The number of thiazole rings is 1. The van der Waals surface area contributed by atoms with Gasteiger partial charge < -0.3 is 10.4 Å². The summed E-state index contributed by atoms with van der Waals surface area (Å²) in [7, 11) is 0. The van der Waals surface area contributed by atoms with Gasteiger partial charge in [-0.2, -0.15) is 0 Å². The predicted molar refractivity (Wildman–Crippen MR) is 109 cm³/mol. The lowest BCUT2D eigenvalue weighted by Crippen LogP contribution is -2.31. The highest BCUT2D eigenvalue weighted by molar-refractivity contribution is 7.14. The highest BCUT2D eigenvalue weighted by Crippen LogP contribution is 2.31. The molecule has 0 saturated carbocycles. The molecule has 2 aromatic carbocycles. The van der Waals surface area contributed by atoms with E-state index in [2.05, 4.69) is 10.3 Å². The maximum Gasteiger partial charge on any atom is 0.326 e. The molecular formula is C18H13Cl2N3O4S. The molecule has 7 nitrogen and oxygen atoms in total. The highest BCUT2D eigenvalue weighted by Gasteiger charge is 2.23. The smallest absolute Gasteiger partial charge is 0.326 e. The van der Waals surface area contributed by atoms with Crippen LogP contribution in [-0.4, -0.2) is 27.0 Å². The third-order valence-corrected chi connectivity index (χ3v) is 5.44. The second-order valence-corrected chi connectivity index (χ2v) is 7.46. The van der Waals surface area contributed by atoms with Crippen LogP contribution in [0.25, 0.3) is 11.3 Å². The lowest BCUT2D eigenvalue weighted by atomic mass is 10.0. The van der Waals surface area contributed by atoms with E-state index in [9.17, 15) is 20.0 Å². The van der Waals surface area contributed by atoms with Crippen LogP contribution in [0.1, 0.15) is 5.56 Å². The number of benzene rings is 2. The Morgan fingerprint density at radius 3 is 2.68 bits per heavy atom. The molecule has 28 heavy (non-hydrogen) atoms. The highest BCUT2D eigenvalue weighted by atomic mass is 35.5. The van der Waals surface area contributed by atoms with E-state index in [1.54, 1.807) is 35.7 Å². The summed E-state index contributed by atoms with van der Waals surface area (Å²) < 4.78 is 0. The molecule has 2 N–H and O–H groups in total. The predicted octanol–water partition coefficient (Wildman–Crippen LogP) is 5.13. The van der Waals surface area contributed by atoms with Crippen molar-refractivity contribution in [3.63, 3.8) is 0 Å². The van der Waals surface area contributed by atoms with Crippen molar-refractivity contribution in [2.24, 2.45) is 0 Å². The van der Waals surface area contributed by atoms with Crippen molar-refractivity contribution < 1.29 is 14.8 Å². The molecule has 3 aromatic rings. The molecule has 0 radical (unpaired) electrons. The van der Waals surface area contributed by atoms with E-state index in [4.69, 9.17) is 23.2 Å². The lowest BCUT2D eigenvalue weighted by molar-refractivity contribution is -0.385. The Morgan fingerprint density at radius 2 is 2.00 bits per heavy atom. The first kappa shape index (κ1) is 20.1. The molecule has 1 heterocycles. The lowest BCUT2D eigenvalue weighted by Gasteiger charge is -2.13. The minimum absolute atomic E-state index is 0.0613. The van der Waals surface area contributed by atoms with Crippen molar-refractivity contribution in [2.75, 3.05) is 5.32 Å². The Labute approximate surface area is 173 Å². The van der Waals surface area contributed by atoms with E-state index in [1.165, 1.54) is 23.5 Å². The second kappa shape index (κ2) is 8.55. The minimum Gasteiger partial charge on any atom is -0.480 e. The molecule has 0 aliphatic heterocycles. The average molecular weight is 438 g/mol. The van der Waals surface area contributed by atoms with Crippen LogP contribution in [0.4, 0.5) is 10.8 Å². The van der Waals surface area contributed by atoms with Gasteiger partial charge in [0, 0.05) is 29.0 Å². The van der Waals surface area contributed by atoms with Gasteiger partial charge in [-0.25, -0.2) is 9.78 Å². The molecule has 3 rings (SSSR count). The number of nitro benzene ring substituents is 1. The van der Waals surface area contributed by atoms with Crippen LogP contribution < -0.4 is 5.32 Å². The zero-order chi connectivity index (χ0) is 20.3. The molecule has 10 heteroatoms. The van der Waals surface area contributed by atoms with E-state index < -0.39 is 16.9 Å². The van der Waals surface area contributed by atoms with Crippen LogP contribution in [0.5, 0.6) is 0 Å². The normalized spacial score (nSPS) is 11.8. The summed E-state index contributed by atoms with van der Waals surface area (Å²) in [5.41, 5.74) is 1.56. The number of aliphatic carboxylic acids is 1. The Hall–Kier alpha value is -2.68. The topological polar surface area (TPSA) is 105 Å². The molecule has 0 saturated heterocycles.